The molecule has 1 atom stereocenters. The molecule has 1 aromatic rings. The molecule has 1 aromatic heterocycles. The Morgan fingerprint density at radius 3 is 2.77 bits per heavy atom. The summed E-state index contributed by atoms with van der Waals surface area (Å²) in [5.74, 6) is -0.933. The third-order valence-corrected chi connectivity index (χ3v) is 1.66. The Morgan fingerprint density at radius 2 is 2.23 bits per heavy atom. The summed E-state index contributed by atoms with van der Waals surface area (Å²) in [6.07, 6.45) is 2.93. The highest BCUT2D eigenvalue weighted by atomic mass is 16.4. The monoisotopic (exact) mass is 181 g/mol. The molecule has 70 valence electrons. The lowest BCUT2D eigenvalue weighted by atomic mass is 10.1. The topological polar surface area (TPSA) is 89.1 Å². The highest BCUT2D eigenvalue weighted by Gasteiger charge is 2.14. The minimum atomic E-state index is -0.933. The van der Waals surface area contributed by atoms with Crippen molar-refractivity contribution in [1.29, 1.82) is 0 Å². The van der Waals surface area contributed by atoms with Gasteiger partial charge in [0.15, 0.2) is 0 Å². The van der Waals surface area contributed by atoms with Gasteiger partial charge in [0.25, 0.3) is 0 Å². The van der Waals surface area contributed by atoms with Crippen molar-refractivity contribution in [2.24, 2.45) is 5.73 Å². The molecule has 0 saturated carbocycles. The van der Waals surface area contributed by atoms with Gasteiger partial charge in [0.1, 0.15) is 0 Å². The van der Waals surface area contributed by atoms with Crippen LogP contribution < -0.4 is 5.73 Å². The van der Waals surface area contributed by atoms with Crippen molar-refractivity contribution in [2.75, 3.05) is 0 Å². The number of aromatic nitrogens is 2. The highest BCUT2D eigenvalue weighted by Crippen LogP contribution is 2.12. The number of nitrogens with zero attached hydrogens (tertiary/aromatic N) is 2. The van der Waals surface area contributed by atoms with Crippen molar-refractivity contribution in [3.05, 3.63) is 23.8 Å². The molecule has 0 unspecified atom stereocenters. The Labute approximate surface area is 75.6 Å². The number of hydrogen-bond acceptors (Lipinski definition) is 4. The maximum absolute atomic E-state index is 10.4. The largest absolute Gasteiger partial charge is 0.481 e. The van der Waals surface area contributed by atoms with E-state index in [1.54, 1.807) is 13.1 Å². The second-order valence-electron chi connectivity index (χ2n) is 2.73. The van der Waals surface area contributed by atoms with Crippen LogP contribution in [0.25, 0.3) is 0 Å². The number of nitrogens with two attached hydrogens (primary N) is 1. The van der Waals surface area contributed by atoms with Crippen molar-refractivity contribution < 1.29 is 9.90 Å². The zero-order chi connectivity index (χ0) is 9.84. The van der Waals surface area contributed by atoms with Gasteiger partial charge in [-0.05, 0) is 6.92 Å². The molecule has 0 saturated heterocycles. The fraction of sp³-hybridized carbons (Fsp3) is 0.375. The summed E-state index contributed by atoms with van der Waals surface area (Å²) in [5, 5.41) is 8.51. The van der Waals surface area contributed by atoms with Crippen LogP contribution in [0.3, 0.4) is 0 Å². The number of rotatable bonds is 3. The Morgan fingerprint density at radius 1 is 1.62 bits per heavy atom. The average molecular weight is 181 g/mol. The molecule has 0 amide bonds. The normalized spacial score (nSPS) is 12.5. The summed E-state index contributed by atoms with van der Waals surface area (Å²) in [6, 6.07) is -0.578. The Balaban J connectivity index is 2.82. The van der Waals surface area contributed by atoms with Crippen LogP contribution in [0.4, 0.5) is 0 Å². The summed E-state index contributed by atoms with van der Waals surface area (Å²) in [4.78, 5) is 18.3. The van der Waals surface area contributed by atoms with Crippen molar-refractivity contribution >= 4 is 5.97 Å². The van der Waals surface area contributed by atoms with E-state index < -0.39 is 12.0 Å². The zero-order valence-corrected chi connectivity index (χ0v) is 7.27. The first-order chi connectivity index (χ1) is 6.11. The molecule has 0 bridgehead atoms. The first kappa shape index (κ1) is 9.60. The molecule has 0 aliphatic heterocycles. The van der Waals surface area contributed by atoms with Gasteiger partial charge in [-0.2, -0.15) is 0 Å². The Kier molecular flexibility index (Phi) is 2.92. The molecule has 0 aromatic carbocycles. The molecule has 5 heteroatoms. The minimum Gasteiger partial charge on any atom is -0.481 e. The van der Waals surface area contributed by atoms with E-state index in [1.165, 1.54) is 6.20 Å². The van der Waals surface area contributed by atoms with Gasteiger partial charge in [-0.3, -0.25) is 14.8 Å². The lowest BCUT2D eigenvalue weighted by Gasteiger charge is -2.09. The van der Waals surface area contributed by atoms with Crippen molar-refractivity contribution in [3.63, 3.8) is 0 Å². The smallest absolute Gasteiger partial charge is 0.305 e. The number of carboxylic acids is 1. The minimum absolute atomic E-state index is 0.125. The predicted molar refractivity (Wildman–Crippen MR) is 46.0 cm³/mol. The highest BCUT2D eigenvalue weighted by molar-refractivity contribution is 5.67. The van der Waals surface area contributed by atoms with Gasteiger partial charge in [0.2, 0.25) is 0 Å². The molecule has 0 radical (unpaired) electrons. The van der Waals surface area contributed by atoms with Gasteiger partial charge < -0.3 is 10.8 Å². The van der Waals surface area contributed by atoms with Crippen LogP contribution >= 0.6 is 0 Å². The van der Waals surface area contributed by atoms with Crippen molar-refractivity contribution in [1.82, 2.24) is 9.97 Å². The quantitative estimate of drug-likeness (QED) is 0.698. The van der Waals surface area contributed by atoms with Crippen LogP contribution in [0.2, 0.25) is 0 Å². The maximum Gasteiger partial charge on any atom is 0.305 e. The van der Waals surface area contributed by atoms with Gasteiger partial charge >= 0.3 is 5.97 Å². The number of carboxylic acid groups (broad SMARTS) is 1. The molecule has 0 fully saturated rings. The number of carbonyl (C=O) groups is 1. The molecule has 5 nitrogen and oxygen atoms in total. The standard InChI is InChI=1S/C8H11N3O2/c1-5-8(11-3-2-10-5)6(9)4-7(12)13/h2-3,6H,4,9H2,1H3,(H,12,13)/t6-/m1/s1. The predicted octanol–water partition coefficient (Wildman–Crippen LogP) is 0.260. The van der Waals surface area contributed by atoms with E-state index in [2.05, 4.69) is 9.97 Å². The van der Waals surface area contributed by atoms with E-state index >= 15 is 0 Å². The van der Waals surface area contributed by atoms with Crippen LogP contribution in [0.15, 0.2) is 12.4 Å². The second kappa shape index (κ2) is 3.95. The summed E-state index contributed by atoms with van der Waals surface area (Å²) in [6.45, 7) is 1.75. The maximum atomic E-state index is 10.4. The van der Waals surface area contributed by atoms with Gasteiger partial charge in [-0.1, -0.05) is 0 Å². The second-order valence-corrected chi connectivity index (χ2v) is 2.73. The van der Waals surface area contributed by atoms with E-state index in [4.69, 9.17) is 10.8 Å². The molecule has 1 heterocycles. The zero-order valence-electron chi connectivity index (χ0n) is 7.27. The van der Waals surface area contributed by atoms with Gasteiger partial charge in [0.05, 0.1) is 23.9 Å². The first-order valence-electron chi connectivity index (χ1n) is 3.86. The summed E-state index contributed by atoms with van der Waals surface area (Å²) in [5.41, 5.74) is 6.84. The third kappa shape index (κ3) is 2.48. The van der Waals surface area contributed by atoms with E-state index in [9.17, 15) is 4.79 Å². The summed E-state index contributed by atoms with van der Waals surface area (Å²) >= 11 is 0. The van der Waals surface area contributed by atoms with Crippen LogP contribution in [0.1, 0.15) is 23.9 Å². The number of aliphatic carboxylic acids is 1. The average Bonchev–Trinajstić information content (AvgIpc) is 2.03. The van der Waals surface area contributed by atoms with E-state index in [1.807, 2.05) is 0 Å². The van der Waals surface area contributed by atoms with E-state index in [0.29, 0.717) is 11.4 Å². The molecule has 0 aliphatic rings. The molecule has 0 spiro atoms. The Hall–Kier alpha value is -1.49. The fourth-order valence-corrected chi connectivity index (χ4v) is 1.07. The van der Waals surface area contributed by atoms with E-state index in [-0.39, 0.29) is 6.42 Å². The van der Waals surface area contributed by atoms with Gasteiger partial charge in [-0.25, -0.2) is 0 Å². The van der Waals surface area contributed by atoms with Crippen LogP contribution in [-0.4, -0.2) is 21.0 Å². The van der Waals surface area contributed by atoms with Gasteiger partial charge in [-0.15, -0.1) is 0 Å². The van der Waals surface area contributed by atoms with Crippen molar-refractivity contribution in [2.45, 2.75) is 19.4 Å². The molecule has 3 N–H and O–H groups in total. The molecular formula is C8H11N3O2. The fourth-order valence-electron chi connectivity index (χ4n) is 1.07. The van der Waals surface area contributed by atoms with Crippen molar-refractivity contribution in [3.8, 4) is 0 Å². The van der Waals surface area contributed by atoms with Crippen LogP contribution in [0, 0.1) is 6.92 Å². The number of aryl methyl sites for hydroxylation is 1. The van der Waals surface area contributed by atoms with Gasteiger partial charge in [0, 0.05) is 12.4 Å². The Bertz CT molecular complexity index is 314. The summed E-state index contributed by atoms with van der Waals surface area (Å²) < 4.78 is 0. The molecular weight excluding hydrogens is 170 g/mol. The lowest BCUT2D eigenvalue weighted by molar-refractivity contribution is -0.137. The third-order valence-electron chi connectivity index (χ3n) is 1.66. The molecule has 1 rings (SSSR count). The lowest BCUT2D eigenvalue weighted by Crippen LogP contribution is -2.17. The summed E-state index contributed by atoms with van der Waals surface area (Å²) in [7, 11) is 0. The SMILES string of the molecule is Cc1nccnc1[C@H](N)CC(=O)O. The molecule has 0 aliphatic carbocycles. The van der Waals surface area contributed by atoms with E-state index in [0.717, 1.165) is 0 Å². The number of hydrogen-bond donors (Lipinski definition) is 2. The van der Waals surface area contributed by atoms with Crippen LogP contribution in [0.5, 0.6) is 0 Å². The molecule has 13 heavy (non-hydrogen) atoms. The van der Waals surface area contributed by atoms with Crippen LogP contribution in [-0.2, 0) is 4.79 Å². The first-order valence-corrected chi connectivity index (χ1v) is 3.86.